The lowest BCUT2D eigenvalue weighted by atomic mass is 10.1. The highest BCUT2D eigenvalue weighted by Gasteiger charge is 2.11. The molecule has 162 valence electrons. The zero-order valence-corrected chi connectivity index (χ0v) is 18.2. The van der Waals surface area contributed by atoms with Crippen LogP contribution in [-0.2, 0) is 11.2 Å². The van der Waals surface area contributed by atoms with Crippen LogP contribution < -0.4 is 19.6 Å². The molecule has 0 saturated heterocycles. The van der Waals surface area contributed by atoms with Gasteiger partial charge in [-0.25, -0.2) is 9.67 Å². The van der Waals surface area contributed by atoms with E-state index in [1.807, 2.05) is 30.3 Å². The minimum Gasteiger partial charge on any atom is -0.497 e. The molecule has 7 heteroatoms. The van der Waals surface area contributed by atoms with Gasteiger partial charge in [0.15, 0.2) is 0 Å². The van der Waals surface area contributed by atoms with Gasteiger partial charge in [-0.15, -0.1) is 0 Å². The second-order valence-electron chi connectivity index (χ2n) is 7.36. The molecular formula is C24H27N3O4. The van der Waals surface area contributed by atoms with Crippen LogP contribution in [0.4, 0.5) is 0 Å². The van der Waals surface area contributed by atoms with Crippen molar-refractivity contribution in [2.75, 3.05) is 20.8 Å². The maximum atomic E-state index is 12.6. The summed E-state index contributed by atoms with van der Waals surface area (Å²) in [6.07, 6.45) is 1.63. The van der Waals surface area contributed by atoms with E-state index in [4.69, 9.17) is 14.2 Å². The molecule has 0 spiro atoms. The highest BCUT2D eigenvalue weighted by molar-refractivity contribution is 5.80. The Morgan fingerprint density at radius 3 is 2.52 bits per heavy atom. The maximum absolute atomic E-state index is 12.6. The molecular weight excluding hydrogens is 394 g/mol. The molecule has 1 aromatic heterocycles. The average molecular weight is 421 g/mol. The first-order chi connectivity index (χ1) is 15.0. The molecule has 7 nitrogen and oxygen atoms in total. The zero-order chi connectivity index (χ0) is 22.2. The number of carbonyl (C=O) groups is 1. The number of aromatic nitrogens is 2. The monoisotopic (exact) mass is 421 g/mol. The third-order valence-corrected chi connectivity index (χ3v) is 4.43. The van der Waals surface area contributed by atoms with Crippen molar-refractivity contribution in [3.05, 3.63) is 71.7 Å². The van der Waals surface area contributed by atoms with E-state index in [1.165, 1.54) is 0 Å². The molecule has 0 aliphatic heterocycles. The Bertz CT molecular complexity index is 1090. The summed E-state index contributed by atoms with van der Waals surface area (Å²) in [6.45, 7) is 4.66. The number of ether oxygens (including phenoxy) is 3. The molecule has 3 rings (SSSR count). The molecule has 0 bridgehead atoms. The fraction of sp³-hybridized carbons (Fsp3) is 0.292. The van der Waals surface area contributed by atoms with E-state index in [2.05, 4.69) is 23.9 Å². The standard InChI is InChI=1S/C24H27N3O4/c1-17(2)16-31-24-14-19(15-25-27(24)20-8-6-5-7-9-20)26-23(28)13-18-12-21(29-3)10-11-22(18)30-4/h5-12,14-15,17H,13,16H2,1-4H3/b26-19-. The van der Waals surface area contributed by atoms with E-state index in [1.54, 1.807) is 49.4 Å². The Labute approximate surface area is 181 Å². The lowest BCUT2D eigenvalue weighted by Gasteiger charge is -2.14. The predicted molar refractivity (Wildman–Crippen MR) is 118 cm³/mol. The fourth-order valence-electron chi connectivity index (χ4n) is 2.94. The van der Waals surface area contributed by atoms with Crippen molar-refractivity contribution in [2.24, 2.45) is 10.9 Å². The Balaban J connectivity index is 1.91. The van der Waals surface area contributed by atoms with E-state index in [0.29, 0.717) is 40.8 Å². The highest BCUT2D eigenvalue weighted by atomic mass is 16.5. The van der Waals surface area contributed by atoms with Gasteiger partial charge in [0.1, 0.15) is 11.5 Å². The molecule has 0 atom stereocenters. The van der Waals surface area contributed by atoms with E-state index >= 15 is 0 Å². The Morgan fingerprint density at radius 1 is 1.06 bits per heavy atom. The van der Waals surface area contributed by atoms with Crippen molar-refractivity contribution in [1.82, 2.24) is 9.78 Å². The number of hydrogen-bond acceptors (Lipinski definition) is 5. The summed E-state index contributed by atoms with van der Waals surface area (Å²) >= 11 is 0. The minimum atomic E-state index is -0.319. The Hall–Kier alpha value is -3.61. The van der Waals surface area contributed by atoms with Crippen LogP contribution in [0.5, 0.6) is 17.4 Å². The number of benzene rings is 2. The SMILES string of the molecule is COc1ccc(OC)c(CC(=O)/N=c2\cnn(-c3ccccc3)c(OCC(C)C)c2)c1. The summed E-state index contributed by atoms with van der Waals surface area (Å²) in [7, 11) is 3.14. The predicted octanol–water partition coefficient (Wildman–Crippen LogP) is 3.59. The average Bonchev–Trinajstić information content (AvgIpc) is 2.78. The summed E-state index contributed by atoms with van der Waals surface area (Å²) in [5.74, 6) is 1.80. The molecule has 3 aromatic rings. The molecule has 0 aliphatic carbocycles. The van der Waals surface area contributed by atoms with Crippen molar-refractivity contribution in [3.8, 4) is 23.1 Å². The zero-order valence-electron chi connectivity index (χ0n) is 18.2. The number of hydrogen-bond donors (Lipinski definition) is 0. The molecule has 0 aliphatic rings. The van der Waals surface area contributed by atoms with Gasteiger partial charge < -0.3 is 14.2 Å². The third kappa shape index (κ3) is 5.94. The van der Waals surface area contributed by atoms with Gasteiger partial charge in [-0.2, -0.15) is 5.10 Å². The molecule has 0 fully saturated rings. The first-order valence-corrected chi connectivity index (χ1v) is 10.1. The molecule has 2 aromatic carbocycles. The lowest BCUT2D eigenvalue weighted by molar-refractivity contribution is -0.117. The van der Waals surface area contributed by atoms with Crippen LogP contribution in [0.2, 0.25) is 0 Å². The second-order valence-corrected chi connectivity index (χ2v) is 7.36. The van der Waals surface area contributed by atoms with Crippen molar-refractivity contribution < 1.29 is 19.0 Å². The van der Waals surface area contributed by atoms with E-state index in [-0.39, 0.29) is 12.3 Å². The van der Waals surface area contributed by atoms with Gasteiger partial charge in [0.2, 0.25) is 5.88 Å². The van der Waals surface area contributed by atoms with Crippen LogP contribution in [0.3, 0.4) is 0 Å². The summed E-state index contributed by atoms with van der Waals surface area (Å²) in [5, 5.41) is 4.88. The van der Waals surface area contributed by atoms with Gasteiger partial charge in [-0.1, -0.05) is 32.0 Å². The van der Waals surface area contributed by atoms with Gasteiger partial charge in [0.25, 0.3) is 5.91 Å². The van der Waals surface area contributed by atoms with Crippen LogP contribution in [0.1, 0.15) is 19.4 Å². The molecule has 0 N–H and O–H groups in total. The van der Waals surface area contributed by atoms with Gasteiger partial charge >= 0.3 is 0 Å². The number of rotatable bonds is 8. The third-order valence-electron chi connectivity index (χ3n) is 4.43. The molecule has 0 radical (unpaired) electrons. The smallest absolute Gasteiger partial charge is 0.250 e. The molecule has 31 heavy (non-hydrogen) atoms. The summed E-state index contributed by atoms with van der Waals surface area (Å²) in [4.78, 5) is 16.9. The first-order valence-electron chi connectivity index (χ1n) is 10.1. The largest absolute Gasteiger partial charge is 0.497 e. The van der Waals surface area contributed by atoms with Gasteiger partial charge in [-0.05, 0) is 36.2 Å². The minimum absolute atomic E-state index is 0.0795. The van der Waals surface area contributed by atoms with Gasteiger partial charge in [0, 0.05) is 11.6 Å². The normalized spacial score (nSPS) is 11.5. The van der Waals surface area contributed by atoms with E-state index in [0.717, 1.165) is 5.69 Å². The van der Waals surface area contributed by atoms with Crippen LogP contribution in [0.15, 0.2) is 65.8 Å². The second kappa shape index (κ2) is 10.4. The summed E-state index contributed by atoms with van der Waals surface area (Å²) in [6, 6.07) is 16.7. The van der Waals surface area contributed by atoms with Crippen LogP contribution in [0.25, 0.3) is 5.69 Å². The number of nitrogens with zero attached hydrogens (tertiary/aromatic N) is 3. The number of carbonyl (C=O) groups excluding carboxylic acids is 1. The highest BCUT2D eigenvalue weighted by Crippen LogP contribution is 2.24. The van der Waals surface area contributed by atoms with Gasteiger partial charge in [0.05, 0.1) is 44.5 Å². The van der Waals surface area contributed by atoms with Crippen molar-refractivity contribution >= 4 is 5.91 Å². The van der Waals surface area contributed by atoms with Crippen molar-refractivity contribution in [3.63, 3.8) is 0 Å². The maximum Gasteiger partial charge on any atom is 0.250 e. The number of para-hydroxylation sites is 1. The molecule has 1 amide bonds. The molecule has 1 heterocycles. The van der Waals surface area contributed by atoms with Crippen LogP contribution in [0, 0.1) is 5.92 Å². The van der Waals surface area contributed by atoms with Crippen LogP contribution >= 0.6 is 0 Å². The van der Waals surface area contributed by atoms with E-state index in [9.17, 15) is 4.79 Å². The number of amides is 1. The van der Waals surface area contributed by atoms with Crippen molar-refractivity contribution in [1.29, 1.82) is 0 Å². The van der Waals surface area contributed by atoms with Crippen molar-refractivity contribution in [2.45, 2.75) is 20.3 Å². The number of methoxy groups -OCH3 is 2. The Morgan fingerprint density at radius 2 is 1.84 bits per heavy atom. The first kappa shape index (κ1) is 22.1. The quantitative estimate of drug-likeness (QED) is 0.556. The van der Waals surface area contributed by atoms with Gasteiger partial charge in [-0.3, -0.25) is 4.79 Å². The lowest BCUT2D eigenvalue weighted by Crippen LogP contribution is -2.17. The van der Waals surface area contributed by atoms with E-state index < -0.39 is 0 Å². The fourth-order valence-corrected chi connectivity index (χ4v) is 2.94. The van der Waals surface area contributed by atoms with Crippen LogP contribution in [-0.4, -0.2) is 36.5 Å². The molecule has 0 saturated carbocycles. The Kier molecular flexibility index (Phi) is 7.43. The topological polar surface area (TPSA) is 74.9 Å². The summed E-state index contributed by atoms with van der Waals surface area (Å²) < 4.78 is 18.2. The summed E-state index contributed by atoms with van der Waals surface area (Å²) in [5.41, 5.74) is 1.57. The molecule has 0 unspecified atom stereocenters.